The third-order valence-electron chi connectivity index (χ3n) is 5.32. The largest absolute Gasteiger partial charge is 0.316 e. The maximum absolute atomic E-state index is 12.9. The SMILES string of the molecule is CCc1ccc2c(c1)sc(=NC(=O)c1ccc(S(=O)(=O)N(CC)CC)cc1)n2CCSC. The molecular formula is C23H29N3O3S3. The van der Waals surface area contributed by atoms with Crippen molar-refractivity contribution in [2.24, 2.45) is 4.99 Å². The van der Waals surface area contributed by atoms with E-state index in [0.717, 1.165) is 28.9 Å². The van der Waals surface area contributed by atoms with E-state index >= 15 is 0 Å². The van der Waals surface area contributed by atoms with Gasteiger partial charge in [0.1, 0.15) is 0 Å². The Morgan fingerprint density at radius 1 is 1.09 bits per heavy atom. The second-order valence-corrected chi connectivity index (χ2v) is 11.1. The Morgan fingerprint density at radius 2 is 1.78 bits per heavy atom. The summed E-state index contributed by atoms with van der Waals surface area (Å²) in [7, 11) is -3.56. The molecule has 0 atom stereocenters. The maximum Gasteiger partial charge on any atom is 0.279 e. The molecule has 0 unspecified atom stereocenters. The van der Waals surface area contributed by atoms with Crippen LogP contribution in [0.4, 0.5) is 0 Å². The Balaban J connectivity index is 1.98. The van der Waals surface area contributed by atoms with Crippen molar-refractivity contribution in [1.29, 1.82) is 0 Å². The number of carbonyl (C=O) groups is 1. The highest BCUT2D eigenvalue weighted by Gasteiger charge is 2.21. The lowest BCUT2D eigenvalue weighted by atomic mass is 10.2. The zero-order valence-corrected chi connectivity index (χ0v) is 21.3. The quantitative estimate of drug-likeness (QED) is 0.445. The zero-order valence-electron chi connectivity index (χ0n) is 18.9. The van der Waals surface area contributed by atoms with Crippen LogP contribution in [0, 0.1) is 0 Å². The molecule has 1 aromatic heterocycles. The molecule has 0 aliphatic rings. The van der Waals surface area contributed by atoms with Crippen molar-refractivity contribution in [3.8, 4) is 0 Å². The van der Waals surface area contributed by atoms with Gasteiger partial charge in [0.15, 0.2) is 4.80 Å². The van der Waals surface area contributed by atoms with Gasteiger partial charge in [-0.25, -0.2) is 8.42 Å². The second kappa shape index (κ2) is 10.8. The Bertz CT molecular complexity index is 1260. The number of fused-ring (bicyclic) bond motifs is 1. The lowest BCUT2D eigenvalue weighted by Crippen LogP contribution is -2.30. The van der Waals surface area contributed by atoms with Gasteiger partial charge in [0, 0.05) is 31.0 Å². The normalized spacial score (nSPS) is 12.7. The fourth-order valence-electron chi connectivity index (χ4n) is 3.46. The van der Waals surface area contributed by atoms with E-state index in [0.29, 0.717) is 23.5 Å². The minimum atomic E-state index is -3.56. The minimum absolute atomic E-state index is 0.182. The van der Waals surface area contributed by atoms with Crippen molar-refractivity contribution < 1.29 is 13.2 Å². The van der Waals surface area contributed by atoms with Crippen LogP contribution in [0.2, 0.25) is 0 Å². The highest BCUT2D eigenvalue weighted by molar-refractivity contribution is 7.98. The van der Waals surface area contributed by atoms with Gasteiger partial charge in [0.2, 0.25) is 10.0 Å². The van der Waals surface area contributed by atoms with Gasteiger partial charge in [-0.1, -0.05) is 38.2 Å². The number of carbonyl (C=O) groups excluding carboxylic acids is 1. The van der Waals surface area contributed by atoms with Crippen LogP contribution in [0.1, 0.15) is 36.7 Å². The van der Waals surface area contributed by atoms with Crippen molar-refractivity contribution in [1.82, 2.24) is 8.87 Å². The van der Waals surface area contributed by atoms with Gasteiger partial charge >= 0.3 is 0 Å². The molecule has 2 aromatic carbocycles. The van der Waals surface area contributed by atoms with Crippen LogP contribution in [0.25, 0.3) is 10.2 Å². The first-order valence-electron chi connectivity index (χ1n) is 10.7. The molecular weight excluding hydrogens is 462 g/mol. The lowest BCUT2D eigenvalue weighted by molar-refractivity contribution is 0.0997. The summed E-state index contributed by atoms with van der Waals surface area (Å²) in [6, 6.07) is 12.4. The van der Waals surface area contributed by atoms with E-state index in [-0.39, 0.29) is 10.8 Å². The molecule has 0 spiro atoms. The second-order valence-electron chi connectivity index (χ2n) is 7.22. The number of sulfonamides is 1. The molecule has 1 amide bonds. The van der Waals surface area contributed by atoms with E-state index < -0.39 is 10.0 Å². The summed E-state index contributed by atoms with van der Waals surface area (Å²) < 4.78 is 29.9. The van der Waals surface area contributed by atoms with Gasteiger partial charge in [0.25, 0.3) is 5.91 Å². The molecule has 0 saturated heterocycles. The molecule has 6 nitrogen and oxygen atoms in total. The topological polar surface area (TPSA) is 71.7 Å². The summed E-state index contributed by atoms with van der Waals surface area (Å²) in [6.07, 6.45) is 3.01. The monoisotopic (exact) mass is 491 g/mol. The molecule has 1 heterocycles. The molecule has 9 heteroatoms. The lowest BCUT2D eigenvalue weighted by Gasteiger charge is -2.18. The van der Waals surface area contributed by atoms with Crippen molar-refractivity contribution in [2.45, 2.75) is 38.6 Å². The Morgan fingerprint density at radius 3 is 2.38 bits per heavy atom. The molecule has 0 fully saturated rings. The van der Waals surface area contributed by atoms with Crippen molar-refractivity contribution in [3.05, 3.63) is 58.4 Å². The molecule has 32 heavy (non-hydrogen) atoms. The fourth-order valence-corrected chi connectivity index (χ4v) is 6.40. The molecule has 0 N–H and O–H groups in total. The van der Waals surface area contributed by atoms with E-state index in [4.69, 9.17) is 0 Å². The molecule has 0 bridgehead atoms. The number of hydrogen-bond donors (Lipinski definition) is 0. The molecule has 3 aromatic rings. The van der Waals surface area contributed by atoms with E-state index in [1.54, 1.807) is 25.6 Å². The summed E-state index contributed by atoms with van der Waals surface area (Å²) in [6.45, 7) is 7.29. The Hall–Kier alpha value is -1.94. The van der Waals surface area contributed by atoms with Crippen LogP contribution >= 0.6 is 23.1 Å². The number of aryl methyl sites for hydroxylation is 2. The summed E-state index contributed by atoms with van der Waals surface area (Å²) in [5, 5.41) is 0. The average Bonchev–Trinajstić information content (AvgIpc) is 3.14. The molecule has 3 rings (SSSR count). The summed E-state index contributed by atoms with van der Waals surface area (Å²) in [4.78, 5) is 18.2. The number of nitrogens with zero attached hydrogens (tertiary/aromatic N) is 3. The third-order valence-corrected chi connectivity index (χ3v) is 9.01. The van der Waals surface area contributed by atoms with Crippen molar-refractivity contribution in [2.75, 3.05) is 25.1 Å². The number of amides is 1. The van der Waals surface area contributed by atoms with Crippen LogP contribution in [-0.4, -0.2) is 48.3 Å². The number of rotatable bonds is 9. The number of thiazole rings is 1. The summed E-state index contributed by atoms with van der Waals surface area (Å²) in [5.74, 6) is 0.539. The fraction of sp³-hybridized carbons (Fsp3) is 0.391. The smallest absolute Gasteiger partial charge is 0.279 e. The average molecular weight is 492 g/mol. The van der Waals surface area contributed by atoms with Crippen molar-refractivity contribution >= 4 is 49.2 Å². The van der Waals surface area contributed by atoms with E-state index in [2.05, 4.69) is 40.9 Å². The molecule has 0 radical (unpaired) electrons. The van der Waals surface area contributed by atoms with Crippen LogP contribution < -0.4 is 4.80 Å². The van der Waals surface area contributed by atoms with Gasteiger partial charge in [0.05, 0.1) is 15.1 Å². The number of thioether (sulfide) groups is 1. The third kappa shape index (κ3) is 5.17. The van der Waals surface area contributed by atoms with Crippen LogP contribution in [0.15, 0.2) is 52.4 Å². The molecule has 0 saturated carbocycles. The standard InChI is InChI=1S/C23H29N3O3S3/c1-5-17-8-13-20-21(16-17)31-23(26(20)14-15-30-4)24-22(27)18-9-11-19(12-10-18)32(28,29)25(6-2)7-3/h8-13,16H,5-7,14-15H2,1-4H3. The predicted molar refractivity (Wildman–Crippen MR) is 134 cm³/mol. The number of benzene rings is 2. The predicted octanol–water partition coefficient (Wildman–Crippen LogP) is 4.40. The number of hydrogen-bond acceptors (Lipinski definition) is 5. The van der Waals surface area contributed by atoms with Gasteiger partial charge < -0.3 is 4.57 Å². The van der Waals surface area contributed by atoms with Crippen LogP contribution in [0.3, 0.4) is 0 Å². The van der Waals surface area contributed by atoms with Gasteiger partial charge in [-0.15, -0.1) is 0 Å². The maximum atomic E-state index is 12.9. The molecule has 0 aliphatic heterocycles. The van der Waals surface area contributed by atoms with Crippen molar-refractivity contribution in [3.63, 3.8) is 0 Å². The highest BCUT2D eigenvalue weighted by atomic mass is 32.2. The van der Waals surface area contributed by atoms with Crippen LogP contribution in [-0.2, 0) is 23.0 Å². The van der Waals surface area contributed by atoms with E-state index in [9.17, 15) is 13.2 Å². The Kier molecular flexibility index (Phi) is 8.32. The summed E-state index contributed by atoms with van der Waals surface area (Å²) >= 11 is 3.25. The summed E-state index contributed by atoms with van der Waals surface area (Å²) in [5.41, 5.74) is 2.69. The Labute approximate surface area is 198 Å². The van der Waals surface area contributed by atoms with Gasteiger partial charge in [-0.3, -0.25) is 4.79 Å². The first-order valence-corrected chi connectivity index (χ1v) is 14.3. The van der Waals surface area contributed by atoms with E-state index in [1.807, 2.05) is 0 Å². The van der Waals surface area contributed by atoms with E-state index in [1.165, 1.54) is 45.5 Å². The highest BCUT2D eigenvalue weighted by Crippen LogP contribution is 2.21. The zero-order chi connectivity index (χ0) is 23.3. The number of aromatic nitrogens is 1. The van der Waals surface area contributed by atoms with Gasteiger partial charge in [-0.2, -0.15) is 21.1 Å². The van der Waals surface area contributed by atoms with Crippen LogP contribution in [0.5, 0.6) is 0 Å². The first-order chi connectivity index (χ1) is 15.3. The molecule has 0 aliphatic carbocycles. The molecule has 172 valence electrons. The minimum Gasteiger partial charge on any atom is -0.316 e. The first kappa shape index (κ1) is 24.7. The van der Waals surface area contributed by atoms with Gasteiger partial charge in [-0.05, 0) is 54.6 Å².